The van der Waals surface area contributed by atoms with Crippen molar-refractivity contribution in [2.24, 2.45) is 0 Å². The highest BCUT2D eigenvalue weighted by Crippen LogP contribution is 2.34. The highest BCUT2D eigenvalue weighted by atomic mass is 35.5. The molecule has 164 valence electrons. The van der Waals surface area contributed by atoms with Crippen LogP contribution in [0.5, 0.6) is 11.5 Å². The Kier molecular flexibility index (Phi) is 5.25. The molecule has 1 aliphatic heterocycles. The molecule has 0 fully saturated rings. The normalized spacial score (nSPS) is 12.6. The lowest BCUT2D eigenvalue weighted by Gasteiger charge is -2.13. The van der Waals surface area contributed by atoms with Crippen molar-refractivity contribution < 1.29 is 9.47 Å². The third-order valence-corrected chi connectivity index (χ3v) is 7.85. The molecule has 0 saturated heterocycles. The van der Waals surface area contributed by atoms with Gasteiger partial charge in [-0.15, -0.1) is 11.3 Å². The van der Waals surface area contributed by atoms with Crippen LogP contribution in [0.1, 0.15) is 11.1 Å². The van der Waals surface area contributed by atoms with Crippen molar-refractivity contribution in [3.8, 4) is 11.5 Å². The fourth-order valence-electron chi connectivity index (χ4n) is 3.93. The number of thioether (sulfide) groups is 1. The summed E-state index contributed by atoms with van der Waals surface area (Å²) in [5.41, 5.74) is 2.77. The Bertz CT molecular complexity index is 1580. The molecule has 2 aromatic heterocycles. The zero-order valence-electron chi connectivity index (χ0n) is 17.3. The molecule has 0 N–H and O–H groups in total. The van der Waals surface area contributed by atoms with Gasteiger partial charge in [-0.05, 0) is 64.4 Å². The van der Waals surface area contributed by atoms with Crippen molar-refractivity contribution in [2.45, 2.75) is 17.5 Å². The summed E-state index contributed by atoms with van der Waals surface area (Å²) in [7, 11) is 0. The third-order valence-electron chi connectivity index (χ3n) is 5.58. The molecule has 1 aliphatic rings. The minimum absolute atomic E-state index is 0.0565. The van der Waals surface area contributed by atoms with Crippen molar-refractivity contribution >= 4 is 55.7 Å². The maximum atomic E-state index is 13.4. The molecule has 0 unspecified atom stereocenters. The largest absolute Gasteiger partial charge is 0.454 e. The molecule has 0 amide bonds. The van der Waals surface area contributed by atoms with E-state index in [0.717, 1.165) is 21.7 Å². The number of rotatable bonds is 5. The van der Waals surface area contributed by atoms with Gasteiger partial charge in [-0.3, -0.25) is 9.36 Å². The van der Waals surface area contributed by atoms with E-state index in [1.165, 1.54) is 10.3 Å². The van der Waals surface area contributed by atoms with Gasteiger partial charge in [-0.25, -0.2) is 4.98 Å². The summed E-state index contributed by atoms with van der Waals surface area (Å²) in [4.78, 5) is 18.3. The summed E-state index contributed by atoms with van der Waals surface area (Å²) < 4.78 is 13.9. The Balaban J connectivity index is 1.39. The maximum Gasteiger partial charge on any atom is 0.262 e. The van der Waals surface area contributed by atoms with Gasteiger partial charge in [0.05, 0.1) is 17.4 Å². The molecule has 8 heteroatoms. The van der Waals surface area contributed by atoms with E-state index in [0.29, 0.717) is 34.1 Å². The predicted molar refractivity (Wildman–Crippen MR) is 134 cm³/mol. The first-order chi connectivity index (χ1) is 16.2. The first-order valence-electron chi connectivity index (χ1n) is 10.3. The first kappa shape index (κ1) is 20.6. The molecule has 0 bridgehead atoms. The quantitative estimate of drug-likeness (QED) is 0.212. The van der Waals surface area contributed by atoms with Crippen LogP contribution in [0.4, 0.5) is 0 Å². The topological polar surface area (TPSA) is 53.4 Å². The minimum atomic E-state index is -0.0565. The van der Waals surface area contributed by atoms with Gasteiger partial charge in [0.2, 0.25) is 6.79 Å². The van der Waals surface area contributed by atoms with E-state index >= 15 is 0 Å². The summed E-state index contributed by atoms with van der Waals surface area (Å²) in [6, 6.07) is 19.2. The van der Waals surface area contributed by atoms with E-state index in [4.69, 9.17) is 26.1 Å². The van der Waals surface area contributed by atoms with Crippen LogP contribution in [0.2, 0.25) is 5.02 Å². The number of fused-ring (bicyclic) bond motifs is 3. The number of thiophene rings is 1. The summed E-state index contributed by atoms with van der Waals surface area (Å²) in [5, 5.41) is 5.30. The highest BCUT2D eigenvalue weighted by Gasteiger charge is 2.17. The van der Waals surface area contributed by atoms with Gasteiger partial charge in [-0.1, -0.05) is 41.6 Å². The number of halogens is 1. The number of nitrogens with zero attached hydrogens (tertiary/aromatic N) is 2. The van der Waals surface area contributed by atoms with Gasteiger partial charge in [-0.2, -0.15) is 0 Å². The highest BCUT2D eigenvalue weighted by molar-refractivity contribution is 7.98. The van der Waals surface area contributed by atoms with Crippen LogP contribution in [0, 0.1) is 0 Å². The van der Waals surface area contributed by atoms with Gasteiger partial charge in [0.25, 0.3) is 5.56 Å². The minimum Gasteiger partial charge on any atom is -0.454 e. The molecule has 0 aliphatic carbocycles. The molecule has 0 spiro atoms. The molecule has 3 aromatic carbocycles. The van der Waals surface area contributed by atoms with Crippen LogP contribution >= 0.6 is 34.7 Å². The van der Waals surface area contributed by atoms with Crippen molar-refractivity contribution in [1.82, 2.24) is 9.55 Å². The second-order valence-electron chi connectivity index (χ2n) is 7.68. The molecule has 0 atom stereocenters. The van der Waals surface area contributed by atoms with Gasteiger partial charge >= 0.3 is 0 Å². The van der Waals surface area contributed by atoms with E-state index in [1.807, 2.05) is 60.7 Å². The zero-order valence-corrected chi connectivity index (χ0v) is 19.7. The lowest BCUT2D eigenvalue weighted by molar-refractivity contribution is 0.174. The number of hydrogen-bond acceptors (Lipinski definition) is 6. The van der Waals surface area contributed by atoms with Crippen LogP contribution in [0.3, 0.4) is 0 Å². The van der Waals surface area contributed by atoms with Crippen molar-refractivity contribution in [2.75, 3.05) is 6.79 Å². The van der Waals surface area contributed by atoms with Crippen molar-refractivity contribution in [3.63, 3.8) is 0 Å². The number of hydrogen-bond donors (Lipinski definition) is 0. The van der Waals surface area contributed by atoms with E-state index in [-0.39, 0.29) is 12.4 Å². The Morgan fingerprint density at radius 3 is 2.85 bits per heavy atom. The second-order valence-corrected chi connectivity index (χ2v) is 9.97. The lowest BCUT2D eigenvalue weighted by Crippen LogP contribution is -2.24. The molecular weight excluding hydrogens is 476 g/mol. The van der Waals surface area contributed by atoms with Crippen molar-refractivity contribution in [3.05, 3.63) is 92.5 Å². The average Bonchev–Trinajstić information content (AvgIpc) is 3.46. The summed E-state index contributed by atoms with van der Waals surface area (Å²) >= 11 is 9.48. The smallest absolute Gasteiger partial charge is 0.262 e. The molecule has 5 nitrogen and oxygen atoms in total. The maximum absolute atomic E-state index is 13.4. The molecule has 0 saturated carbocycles. The third kappa shape index (κ3) is 3.86. The Hall–Kier alpha value is -3.00. The fraction of sp³-hybridized carbons (Fsp3) is 0.120. The van der Waals surface area contributed by atoms with Crippen LogP contribution in [-0.2, 0) is 12.3 Å². The van der Waals surface area contributed by atoms with E-state index in [9.17, 15) is 4.79 Å². The SMILES string of the molecule is O=c1c2ccccc2nc(SCc2csc3ccc(Cl)cc23)n1Cc1ccc2c(c1)OCO2. The standard InChI is InChI=1S/C25H17ClN2O3S2/c26-17-6-8-23-19(10-17)16(12-32-23)13-33-25-27-20-4-2-1-3-18(20)24(29)28(25)11-15-5-7-21-22(9-15)31-14-30-21/h1-10,12H,11,13-14H2. The second kappa shape index (κ2) is 8.41. The first-order valence-corrected chi connectivity index (χ1v) is 12.6. The van der Waals surface area contributed by atoms with E-state index < -0.39 is 0 Å². The van der Waals surface area contributed by atoms with E-state index in [2.05, 4.69) is 5.38 Å². The molecule has 0 radical (unpaired) electrons. The summed E-state index contributed by atoms with van der Waals surface area (Å²) in [6.45, 7) is 0.613. The van der Waals surface area contributed by atoms with Crippen LogP contribution in [0.25, 0.3) is 21.0 Å². The number of benzene rings is 3. The predicted octanol–water partition coefficient (Wildman–Crippen LogP) is 6.33. The Morgan fingerprint density at radius 2 is 1.91 bits per heavy atom. The number of para-hydroxylation sites is 1. The van der Waals surface area contributed by atoms with Crippen molar-refractivity contribution in [1.29, 1.82) is 0 Å². The monoisotopic (exact) mass is 492 g/mol. The van der Waals surface area contributed by atoms with Crippen LogP contribution in [0.15, 0.2) is 76.0 Å². The van der Waals surface area contributed by atoms with Crippen LogP contribution in [-0.4, -0.2) is 16.3 Å². The van der Waals surface area contributed by atoms with Gasteiger partial charge < -0.3 is 9.47 Å². The molecule has 5 aromatic rings. The summed E-state index contributed by atoms with van der Waals surface area (Å²) in [5.74, 6) is 2.11. The van der Waals surface area contributed by atoms with Crippen LogP contribution < -0.4 is 15.0 Å². The Morgan fingerprint density at radius 1 is 1.03 bits per heavy atom. The number of aromatic nitrogens is 2. The summed E-state index contributed by atoms with van der Waals surface area (Å²) in [6.07, 6.45) is 0. The van der Waals surface area contributed by atoms with E-state index in [1.54, 1.807) is 27.7 Å². The van der Waals surface area contributed by atoms with Gasteiger partial charge in [0, 0.05) is 15.5 Å². The molecule has 6 rings (SSSR count). The average molecular weight is 493 g/mol. The number of ether oxygens (including phenoxy) is 2. The fourth-order valence-corrected chi connectivity index (χ4v) is 6.14. The molecule has 33 heavy (non-hydrogen) atoms. The molecular formula is C25H17ClN2O3S2. The van der Waals surface area contributed by atoms with Gasteiger partial charge in [0.15, 0.2) is 16.7 Å². The Labute approximate surface area is 202 Å². The molecule has 3 heterocycles. The van der Waals surface area contributed by atoms with Gasteiger partial charge in [0.1, 0.15) is 0 Å². The lowest BCUT2D eigenvalue weighted by atomic mass is 10.2. The zero-order chi connectivity index (χ0) is 22.4.